The lowest BCUT2D eigenvalue weighted by atomic mass is 10.0. The van der Waals surface area contributed by atoms with Gasteiger partial charge < -0.3 is 10.4 Å². The Morgan fingerprint density at radius 2 is 1.79 bits per heavy atom. The summed E-state index contributed by atoms with van der Waals surface area (Å²) in [6, 6.07) is 6.89. The minimum Gasteiger partial charge on any atom is -0.480 e. The van der Waals surface area contributed by atoms with Crippen LogP contribution in [0, 0.1) is 5.92 Å². The molecule has 104 valence electrons. The molecule has 0 aromatic heterocycles. The highest BCUT2D eigenvalue weighted by atomic mass is 16.4. The fourth-order valence-corrected chi connectivity index (χ4v) is 1.99. The number of carbonyl (C=O) groups is 2. The van der Waals surface area contributed by atoms with Gasteiger partial charge >= 0.3 is 5.97 Å². The molecule has 0 bridgehead atoms. The summed E-state index contributed by atoms with van der Waals surface area (Å²) < 4.78 is 0. The van der Waals surface area contributed by atoms with Crippen LogP contribution in [0.1, 0.15) is 31.9 Å². The van der Waals surface area contributed by atoms with Gasteiger partial charge in [-0.3, -0.25) is 4.79 Å². The van der Waals surface area contributed by atoms with Crippen LogP contribution in [0.4, 0.5) is 0 Å². The van der Waals surface area contributed by atoms with Crippen molar-refractivity contribution in [3.05, 3.63) is 35.4 Å². The molecule has 0 aliphatic heterocycles. The van der Waals surface area contributed by atoms with E-state index in [1.54, 1.807) is 13.8 Å². The number of carboxylic acid groups (broad SMARTS) is 1. The van der Waals surface area contributed by atoms with Crippen LogP contribution in [0.3, 0.4) is 0 Å². The maximum atomic E-state index is 11.9. The first-order valence-corrected chi connectivity index (χ1v) is 6.54. The molecule has 0 fully saturated rings. The zero-order valence-electron chi connectivity index (χ0n) is 11.6. The summed E-state index contributed by atoms with van der Waals surface area (Å²) in [7, 11) is 0. The number of aliphatic carboxylic acids is 1. The average molecular weight is 263 g/mol. The second-order valence-corrected chi connectivity index (χ2v) is 4.93. The average Bonchev–Trinajstić information content (AvgIpc) is 2.36. The fourth-order valence-electron chi connectivity index (χ4n) is 1.99. The predicted molar refractivity (Wildman–Crippen MR) is 73.9 cm³/mol. The summed E-state index contributed by atoms with van der Waals surface area (Å²) in [6.45, 7) is 5.59. The summed E-state index contributed by atoms with van der Waals surface area (Å²) in [5.41, 5.74) is 2.07. The molecule has 0 saturated heterocycles. The van der Waals surface area contributed by atoms with Gasteiger partial charge in [-0.05, 0) is 23.5 Å². The highest BCUT2D eigenvalue weighted by molar-refractivity contribution is 5.85. The monoisotopic (exact) mass is 263 g/mol. The third-order valence-corrected chi connectivity index (χ3v) is 3.10. The van der Waals surface area contributed by atoms with E-state index in [0.29, 0.717) is 0 Å². The number of hydrogen-bond donors (Lipinski definition) is 2. The third kappa shape index (κ3) is 4.39. The molecule has 0 saturated carbocycles. The maximum absolute atomic E-state index is 11.9. The van der Waals surface area contributed by atoms with Gasteiger partial charge in [0.2, 0.25) is 5.91 Å². The van der Waals surface area contributed by atoms with Crippen LogP contribution in [-0.4, -0.2) is 23.0 Å². The molecule has 0 radical (unpaired) electrons. The minimum absolute atomic E-state index is 0.136. The number of rotatable bonds is 6. The lowest BCUT2D eigenvalue weighted by Gasteiger charge is -2.18. The molecule has 0 heterocycles. The zero-order valence-corrected chi connectivity index (χ0v) is 11.6. The highest BCUT2D eigenvalue weighted by Gasteiger charge is 2.23. The highest BCUT2D eigenvalue weighted by Crippen LogP contribution is 2.11. The van der Waals surface area contributed by atoms with Gasteiger partial charge in [0.1, 0.15) is 6.04 Å². The van der Waals surface area contributed by atoms with E-state index in [2.05, 4.69) is 5.32 Å². The summed E-state index contributed by atoms with van der Waals surface area (Å²) >= 11 is 0. The normalized spacial score (nSPS) is 12.2. The lowest BCUT2D eigenvalue weighted by molar-refractivity contribution is -0.143. The Labute approximate surface area is 113 Å². The van der Waals surface area contributed by atoms with Crippen molar-refractivity contribution in [3.8, 4) is 0 Å². The molecule has 4 nitrogen and oxygen atoms in total. The van der Waals surface area contributed by atoms with Gasteiger partial charge in [0.15, 0.2) is 0 Å². The third-order valence-electron chi connectivity index (χ3n) is 3.10. The minimum atomic E-state index is -0.993. The number of aryl methyl sites for hydroxylation is 1. The summed E-state index contributed by atoms with van der Waals surface area (Å²) in [4.78, 5) is 23.0. The Kier molecular flexibility index (Phi) is 5.55. The topological polar surface area (TPSA) is 66.4 Å². The van der Waals surface area contributed by atoms with Crippen LogP contribution >= 0.6 is 0 Å². The molecule has 1 aromatic rings. The van der Waals surface area contributed by atoms with Crippen LogP contribution < -0.4 is 5.32 Å². The van der Waals surface area contributed by atoms with E-state index < -0.39 is 12.0 Å². The summed E-state index contributed by atoms with van der Waals surface area (Å²) in [5, 5.41) is 11.6. The molecular formula is C15H21NO3. The van der Waals surface area contributed by atoms with Crippen LogP contribution in [0.5, 0.6) is 0 Å². The molecule has 0 aliphatic rings. The number of nitrogens with one attached hydrogen (secondary N) is 1. The van der Waals surface area contributed by atoms with Gasteiger partial charge in [-0.2, -0.15) is 0 Å². The lowest BCUT2D eigenvalue weighted by Crippen LogP contribution is -2.44. The van der Waals surface area contributed by atoms with Crippen molar-refractivity contribution in [3.63, 3.8) is 0 Å². The van der Waals surface area contributed by atoms with Gasteiger partial charge in [0, 0.05) is 0 Å². The van der Waals surface area contributed by atoms with E-state index in [1.807, 2.05) is 31.2 Å². The van der Waals surface area contributed by atoms with Crippen molar-refractivity contribution in [1.29, 1.82) is 0 Å². The first kappa shape index (κ1) is 15.2. The van der Waals surface area contributed by atoms with Gasteiger partial charge in [-0.15, -0.1) is 0 Å². The molecule has 0 unspecified atom stereocenters. The quantitative estimate of drug-likeness (QED) is 0.825. The van der Waals surface area contributed by atoms with Crippen molar-refractivity contribution < 1.29 is 14.7 Å². The van der Waals surface area contributed by atoms with Crippen LogP contribution in [0.2, 0.25) is 0 Å². The van der Waals surface area contributed by atoms with E-state index in [9.17, 15) is 9.59 Å². The Morgan fingerprint density at radius 1 is 1.21 bits per heavy atom. The Bertz CT molecular complexity index is 454. The Balaban J connectivity index is 2.72. The second-order valence-electron chi connectivity index (χ2n) is 4.93. The van der Waals surface area contributed by atoms with Gasteiger partial charge in [0.25, 0.3) is 0 Å². The number of carbonyl (C=O) groups excluding carboxylic acids is 1. The van der Waals surface area contributed by atoms with Crippen molar-refractivity contribution in [2.24, 2.45) is 5.92 Å². The molecule has 4 heteroatoms. The smallest absolute Gasteiger partial charge is 0.326 e. The number of amides is 1. The molecule has 2 N–H and O–H groups in total. The Hall–Kier alpha value is -1.84. The van der Waals surface area contributed by atoms with Crippen LogP contribution in [0.25, 0.3) is 0 Å². The maximum Gasteiger partial charge on any atom is 0.326 e. The molecule has 0 aliphatic carbocycles. The SMILES string of the molecule is CCc1ccccc1CC(=O)N[C@H](C(=O)O)C(C)C. The molecule has 1 atom stereocenters. The van der Waals surface area contributed by atoms with E-state index in [4.69, 9.17) is 5.11 Å². The van der Waals surface area contributed by atoms with Crippen molar-refractivity contribution in [2.75, 3.05) is 0 Å². The summed E-state index contributed by atoms with van der Waals surface area (Å²) in [6.07, 6.45) is 1.08. The molecule has 1 amide bonds. The first-order chi connectivity index (χ1) is 8.95. The van der Waals surface area contributed by atoms with E-state index in [0.717, 1.165) is 17.5 Å². The van der Waals surface area contributed by atoms with Crippen LogP contribution in [0.15, 0.2) is 24.3 Å². The molecule has 1 rings (SSSR count). The van der Waals surface area contributed by atoms with Gasteiger partial charge in [-0.25, -0.2) is 4.79 Å². The van der Waals surface area contributed by atoms with Crippen molar-refractivity contribution >= 4 is 11.9 Å². The van der Waals surface area contributed by atoms with Gasteiger partial charge in [-0.1, -0.05) is 45.0 Å². The molecule has 1 aromatic carbocycles. The van der Waals surface area contributed by atoms with E-state index in [1.165, 1.54) is 0 Å². The zero-order chi connectivity index (χ0) is 14.4. The largest absolute Gasteiger partial charge is 0.480 e. The number of benzene rings is 1. The van der Waals surface area contributed by atoms with E-state index in [-0.39, 0.29) is 18.2 Å². The van der Waals surface area contributed by atoms with Crippen molar-refractivity contribution in [1.82, 2.24) is 5.32 Å². The summed E-state index contributed by atoms with van der Waals surface area (Å²) in [5.74, 6) is -1.38. The predicted octanol–water partition coefficient (Wildman–Crippen LogP) is 2.02. The van der Waals surface area contributed by atoms with Crippen molar-refractivity contribution in [2.45, 2.75) is 39.7 Å². The number of carboxylic acids is 1. The second kappa shape index (κ2) is 6.92. The standard InChI is InChI=1S/C15H21NO3/c1-4-11-7-5-6-8-12(11)9-13(17)16-14(10(2)3)15(18)19/h5-8,10,14H,4,9H2,1-3H3,(H,16,17)(H,18,19)/t14-/m0/s1. The van der Waals surface area contributed by atoms with Crippen LogP contribution in [-0.2, 0) is 22.4 Å². The van der Waals surface area contributed by atoms with Gasteiger partial charge in [0.05, 0.1) is 6.42 Å². The fraction of sp³-hybridized carbons (Fsp3) is 0.467. The molecule has 0 spiro atoms. The first-order valence-electron chi connectivity index (χ1n) is 6.54. The molecular weight excluding hydrogens is 242 g/mol. The van der Waals surface area contributed by atoms with E-state index >= 15 is 0 Å². The number of hydrogen-bond acceptors (Lipinski definition) is 2. The Morgan fingerprint density at radius 3 is 2.26 bits per heavy atom. The molecule has 19 heavy (non-hydrogen) atoms.